The number of ether oxygens (including phenoxy) is 1. The average Bonchev–Trinajstić information content (AvgIpc) is 2.86. The van der Waals surface area contributed by atoms with Gasteiger partial charge in [-0.25, -0.2) is 0 Å². The smallest absolute Gasteiger partial charge is 0.306 e. The number of nitrogens with zero attached hydrogens (tertiary/aromatic N) is 2. The van der Waals surface area contributed by atoms with Gasteiger partial charge in [0.1, 0.15) is 6.10 Å². The van der Waals surface area contributed by atoms with Crippen molar-refractivity contribution < 1.29 is 18.8 Å². The molecule has 0 unspecified atom stereocenters. The van der Waals surface area contributed by atoms with Crippen molar-refractivity contribution >= 4 is 31.3 Å². The summed E-state index contributed by atoms with van der Waals surface area (Å²) in [4.78, 5) is 29.7. The lowest BCUT2D eigenvalue weighted by molar-refractivity contribution is -0.150. The van der Waals surface area contributed by atoms with Crippen LogP contribution in [0.1, 0.15) is 125 Å². The number of amides is 1. The molecule has 0 spiro atoms. The fourth-order valence-electron chi connectivity index (χ4n) is 4.18. The zero-order valence-corrected chi connectivity index (χ0v) is 29.8. The van der Waals surface area contributed by atoms with Crippen LogP contribution in [0.15, 0.2) is 0 Å². The number of hydrogen-bond acceptors (Lipinski definition) is 6. The number of esters is 1. The average molecular weight is 603 g/mol. The number of unbranched alkanes of at least 4 members (excludes halogenated alkanes) is 8. The van der Waals surface area contributed by atoms with Crippen molar-refractivity contribution in [2.24, 2.45) is 0 Å². The molecular weight excluding hydrogens is 537 g/mol. The maximum Gasteiger partial charge on any atom is 0.306 e. The normalized spacial score (nSPS) is 12.4. The van der Waals surface area contributed by atoms with Gasteiger partial charge in [0, 0.05) is 31.8 Å². The molecule has 0 saturated carbocycles. The molecular formula is C32H66N2O4SSi. The van der Waals surface area contributed by atoms with E-state index in [1.165, 1.54) is 50.3 Å². The molecule has 0 rings (SSSR count). The highest BCUT2D eigenvalue weighted by atomic mass is 32.2. The Labute approximate surface area is 254 Å². The zero-order valence-electron chi connectivity index (χ0n) is 27.9. The molecule has 1 amide bonds. The highest BCUT2D eigenvalue weighted by Crippen LogP contribution is 2.36. The highest BCUT2D eigenvalue weighted by molar-refractivity contribution is 8.13. The van der Waals surface area contributed by atoms with Crippen molar-refractivity contribution in [3.05, 3.63) is 0 Å². The second-order valence-corrected chi connectivity index (χ2v) is 19.0. The second-order valence-electron chi connectivity index (χ2n) is 13.1. The van der Waals surface area contributed by atoms with Gasteiger partial charge in [-0.05, 0) is 70.8 Å². The van der Waals surface area contributed by atoms with Crippen molar-refractivity contribution in [3.8, 4) is 0 Å². The van der Waals surface area contributed by atoms with Gasteiger partial charge < -0.3 is 19.0 Å². The van der Waals surface area contributed by atoms with E-state index < -0.39 is 8.32 Å². The van der Waals surface area contributed by atoms with Crippen molar-refractivity contribution in [1.29, 1.82) is 0 Å². The van der Waals surface area contributed by atoms with Crippen LogP contribution < -0.4 is 0 Å². The maximum absolute atomic E-state index is 13.0. The maximum atomic E-state index is 13.0. The van der Waals surface area contributed by atoms with Gasteiger partial charge >= 0.3 is 5.97 Å². The van der Waals surface area contributed by atoms with Crippen molar-refractivity contribution in [3.63, 3.8) is 0 Å². The number of rotatable bonds is 24. The zero-order chi connectivity index (χ0) is 30.4. The lowest BCUT2D eigenvalue weighted by atomic mass is 10.0. The SMILES string of the molecule is CCCCCCC(CCCCCC)OC(=O)CCCCCN(CCO[Si](C)(C)C(C)(C)C)C(=O)SCCN(C)C. The Morgan fingerprint density at radius 3 is 1.90 bits per heavy atom. The Kier molecular flexibility index (Phi) is 22.6. The fraction of sp³-hybridized carbons (Fsp3) is 0.938. The first-order valence-corrected chi connectivity index (χ1v) is 20.1. The minimum Gasteiger partial charge on any atom is -0.462 e. The van der Waals surface area contributed by atoms with Crippen LogP contribution in [0, 0.1) is 0 Å². The molecule has 238 valence electrons. The van der Waals surface area contributed by atoms with Crippen LogP contribution in [-0.2, 0) is 14.0 Å². The molecule has 0 aromatic carbocycles. The third-order valence-corrected chi connectivity index (χ3v) is 13.4. The van der Waals surface area contributed by atoms with Gasteiger partial charge in [-0.3, -0.25) is 9.59 Å². The Balaban J connectivity index is 4.66. The van der Waals surface area contributed by atoms with Crippen molar-refractivity contribution in [2.75, 3.05) is 46.1 Å². The van der Waals surface area contributed by atoms with Crippen LogP contribution in [0.3, 0.4) is 0 Å². The molecule has 6 nitrogen and oxygen atoms in total. The van der Waals surface area contributed by atoms with Crippen LogP contribution in [0.5, 0.6) is 0 Å². The van der Waals surface area contributed by atoms with Crippen LogP contribution in [0.4, 0.5) is 4.79 Å². The number of carbonyl (C=O) groups excluding carboxylic acids is 2. The number of hydrogen-bond donors (Lipinski definition) is 0. The number of thioether (sulfide) groups is 1. The van der Waals surface area contributed by atoms with Crippen molar-refractivity contribution in [2.45, 2.75) is 149 Å². The quantitative estimate of drug-likeness (QED) is 0.0624. The minimum atomic E-state index is -1.85. The van der Waals surface area contributed by atoms with Gasteiger partial charge in [-0.1, -0.05) is 91.3 Å². The Morgan fingerprint density at radius 1 is 0.800 bits per heavy atom. The first-order valence-electron chi connectivity index (χ1n) is 16.2. The van der Waals surface area contributed by atoms with Crippen LogP contribution in [0.25, 0.3) is 0 Å². The monoisotopic (exact) mass is 602 g/mol. The largest absolute Gasteiger partial charge is 0.462 e. The molecule has 0 aliphatic heterocycles. The van der Waals surface area contributed by atoms with Gasteiger partial charge in [-0.2, -0.15) is 0 Å². The molecule has 0 aliphatic carbocycles. The molecule has 0 saturated heterocycles. The van der Waals surface area contributed by atoms with E-state index in [-0.39, 0.29) is 22.4 Å². The Bertz CT molecular complexity index is 643. The van der Waals surface area contributed by atoms with Crippen LogP contribution >= 0.6 is 11.8 Å². The molecule has 0 aromatic rings. The lowest BCUT2D eigenvalue weighted by Gasteiger charge is -2.36. The molecule has 0 aromatic heterocycles. The molecule has 0 heterocycles. The van der Waals surface area contributed by atoms with Gasteiger partial charge in [0.05, 0.1) is 6.61 Å². The summed E-state index contributed by atoms with van der Waals surface area (Å²) in [6.07, 6.45) is 14.9. The van der Waals surface area contributed by atoms with Gasteiger partial charge in [-0.15, -0.1) is 0 Å². The summed E-state index contributed by atoms with van der Waals surface area (Å²) in [5.74, 6) is 0.737. The standard InChI is InChI=1S/C32H66N2O4SSi/c1-10-12-14-17-21-29(22-18-15-13-11-2)38-30(35)23-19-16-20-24-34(31(36)39-28-26-33(6)7)25-27-37-40(8,9)32(3,4)5/h29H,10-28H2,1-9H3. The van der Waals surface area contributed by atoms with Gasteiger partial charge in [0.15, 0.2) is 8.32 Å². The molecule has 0 fully saturated rings. The molecule has 0 bridgehead atoms. The third kappa shape index (κ3) is 20.3. The van der Waals surface area contributed by atoms with E-state index >= 15 is 0 Å². The van der Waals surface area contributed by atoms with E-state index in [1.54, 1.807) is 0 Å². The predicted molar refractivity (Wildman–Crippen MR) is 177 cm³/mol. The highest BCUT2D eigenvalue weighted by Gasteiger charge is 2.37. The summed E-state index contributed by atoms with van der Waals surface area (Å²) in [6.45, 7) is 18.5. The summed E-state index contributed by atoms with van der Waals surface area (Å²) in [6, 6.07) is 0. The van der Waals surface area contributed by atoms with E-state index in [0.29, 0.717) is 26.1 Å². The van der Waals surface area contributed by atoms with Crippen molar-refractivity contribution in [1.82, 2.24) is 9.80 Å². The Hall–Kier alpha value is -0.573. The molecule has 8 heteroatoms. The third-order valence-electron chi connectivity index (χ3n) is 8.02. The van der Waals surface area contributed by atoms with E-state index in [4.69, 9.17) is 9.16 Å². The molecule has 40 heavy (non-hydrogen) atoms. The topological polar surface area (TPSA) is 59.1 Å². The van der Waals surface area contributed by atoms with E-state index in [0.717, 1.165) is 57.2 Å². The summed E-state index contributed by atoms with van der Waals surface area (Å²) in [7, 11) is 2.21. The minimum absolute atomic E-state index is 0.0501. The molecule has 0 N–H and O–H groups in total. The predicted octanol–water partition coefficient (Wildman–Crippen LogP) is 9.14. The molecule has 0 radical (unpaired) electrons. The summed E-state index contributed by atoms with van der Waals surface area (Å²) in [5, 5.41) is 0.287. The summed E-state index contributed by atoms with van der Waals surface area (Å²) < 4.78 is 12.3. The van der Waals surface area contributed by atoms with Crippen LogP contribution in [-0.4, -0.2) is 81.5 Å². The fourth-order valence-corrected chi connectivity index (χ4v) is 6.21. The second kappa shape index (κ2) is 23.0. The lowest BCUT2D eigenvalue weighted by Crippen LogP contribution is -2.43. The van der Waals surface area contributed by atoms with E-state index in [1.807, 2.05) is 19.0 Å². The van der Waals surface area contributed by atoms with Gasteiger partial charge in [0.25, 0.3) is 5.24 Å². The molecule has 0 aliphatic rings. The molecule has 0 atom stereocenters. The first kappa shape index (κ1) is 39.4. The van der Waals surface area contributed by atoms with Crippen LogP contribution in [0.2, 0.25) is 18.1 Å². The summed E-state index contributed by atoms with van der Waals surface area (Å²) >= 11 is 1.40. The van der Waals surface area contributed by atoms with E-state index in [9.17, 15) is 9.59 Å². The van der Waals surface area contributed by atoms with Gasteiger partial charge in [0.2, 0.25) is 0 Å². The summed E-state index contributed by atoms with van der Waals surface area (Å²) in [5.41, 5.74) is 0. The van der Waals surface area contributed by atoms with E-state index in [2.05, 4.69) is 52.6 Å². The first-order chi connectivity index (χ1) is 18.8. The Morgan fingerprint density at radius 2 is 1.38 bits per heavy atom. The number of carbonyl (C=O) groups is 2.